The van der Waals surface area contributed by atoms with Crippen molar-refractivity contribution in [2.45, 2.75) is 31.8 Å². The van der Waals surface area contributed by atoms with E-state index >= 15 is 0 Å². The van der Waals surface area contributed by atoms with Gasteiger partial charge in [0.05, 0.1) is 6.42 Å². The molecular formula is C25H26N2O. The largest absolute Gasteiger partial charge is 0.341 e. The molecule has 0 unspecified atom stereocenters. The molecule has 0 spiro atoms. The Labute approximate surface area is 166 Å². The number of carbonyl (C=O) groups is 1. The summed E-state index contributed by atoms with van der Waals surface area (Å²) in [6.07, 6.45) is 2.71. The summed E-state index contributed by atoms with van der Waals surface area (Å²) in [5, 5.41) is 2.40. The van der Waals surface area contributed by atoms with E-state index in [9.17, 15) is 4.79 Å². The minimum absolute atomic E-state index is 0.260. The normalized spacial score (nSPS) is 19.7. The van der Waals surface area contributed by atoms with Crippen LogP contribution in [0.5, 0.6) is 0 Å². The Kier molecular flexibility index (Phi) is 4.61. The summed E-state index contributed by atoms with van der Waals surface area (Å²) in [6, 6.07) is 23.9. The Morgan fingerprint density at radius 1 is 0.893 bits per heavy atom. The van der Waals surface area contributed by atoms with Gasteiger partial charge in [0.2, 0.25) is 5.91 Å². The van der Waals surface area contributed by atoms with Crippen molar-refractivity contribution in [3.63, 3.8) is 0 Å². The maximum atomic E-state index is 13.0. The molecule has 1 amide bonds. The number of amides is 1. The molecule has 0 radical (unpaired) electrons. The number of carbonyl (C=O) groups excluding carboxylic acids is 1. The molecule has 142 valence electrons. The van der Waals surface area contributed by atoms with Gasteiger partial charge in [0, 0.05) is 32.2 Å². The molecule has 0 N–H and O–H groups in total. The molecular weight excluding hydrogens is 344 g/mol. The second-order valence-electron chi connectivity index (χ2n) is 8.09. The van der Waals surface area contributed by atoms with Gasteiger partial charge in [-0.25, -0.2) is 0 Å². The number of hydrogen-bond acceptors (Lipinski definition) is 2. The van der Waals surface area contributed by atoms with Crippen molar-refractivity contribution in [3.8, 4) is 0 Å². The summed E-state index contributed by atoms with van der Waals surface area (Å²) in [4.78, 5) is 17.6. The predicted molar refractivity (Wildman–Crippen MR) is 113 cm³/mol. The summed E-state index contributed by atoms with van der Waals surface area (Å²) >= 11 is 0. The van der Waals surface area contributed by atoms with Crippen molar-refractivity contribution in [2.24, 2.45) is 0 Å². The van der Waals surface area contributed by atoms with Crippen LogP contribution in [0.3, 0.4) is 0 Å². The van der Waals surface area contributed by atoms with Crippen LogP contribution in [0, 0.1) is 0 Å². The first-order valence-corrected chi connectivity index (χ1v) is 10.3. The third-order valence-corrected chi connectivity index (χ3v) is 6.41. The maximum Gasteiger partial charge on any atom is 0.227 e. The van der Waals surface area contributed by atoms with E-state index in [4.69, 9.17) is 0 Å². The van der Waals surface area contributed by atoms with E-state index in [1.807, 2.05) is 0 Å². The first kappa shape index (κ1) is 17.4. The number of benzene rings is 3. The fraction of sp³-hybridized carbons (Fsp3) is 0.320. The molecule has 0 aliphatic carbocycles. The maximum absolute atomic E-state index is 13.0. The van der Waals surface area contributed by atoms with E-state index in [1.165, 1.54) is 21.9 Å². The highest BCUT2D eigenvalue weighted by molar-refractivity contribution is 5.90. The average molecular weight is 370 g/mol. The Balaban J connectivity index is 1.25. The van der Waals surface area contributed by atoms with Crippen LogP contribution < -0.4 is 0 Å². The van der Waals surface area contributed by atoms with Gasteiger partial charge >= 0.3 is 0 Å². The molecule has 2 aliphatic heterocycles. The highest BCUT2D eigenvalue weighted by Crippen LogP contribution is 2.25. The topological polar surface area (TPSA) is 23.6 Å². The van der Waals surface area contributed by atoms with Gasteiger partial charge in [-0.15, -0.1) is 0 Å². The van der Waals surface area contributed by atoms with Crippen molar-refractivity contribution in [2.75, 3.05) is 19.6 Å². The van der Waals surface area contributed by atoms with E-state index in [0.717, 1.165) is 44.6 Å². The molecule has 1 saturated heterocycles. The lowest BCUT2D eigenvalue weighted by atomic mass is 9.98. The minimum atomic E-state index is 0.260. The lowest BCUT2D eigenvalue weighted by Gasteiger charge is -2.33. The average Bonchev–Trinajstić information content (AvgIpc) is 3.24. The van der Waals surface area contributed by atoms with Crippen LogP contribution in [0.1, 0.15) is 23.1 Å². The summed E-state index contributed by atoms with van der Waals surface area (Å²) in [5.74, 6) is 0.260. The van der Waals surface area contributed by atoms with E-state index in [-0.39, 0.29) is 5.91 Å². The fourth-order valence-corrected chi connectivity index (χ4v) is 4.82. The Hall–Kier alpha value is -2.65. The van der Waals surface area contributed by atoms with Gasteiger partial charge in [-0.3, -0.25) is 9.69 Å². The molecule has 1 fully saturated rings. The van der Waals surface area contributed by atoms with Crippen LogP contribution in [-0.4, -0.2) is 41.4 Å². The molecule has 3 heteroatoms. The van der Waals surface area contributed by atoms with Gasteiger partial charge in [0.15, 0.2) is 0 Å². The van der Waals surface area contributed by atoms with Gasteiger partial charge in [0.1, 0.15) is 0 Å². The molecule has 0 saturated carbocycles. The van der Waals surface area contributed by atoms with E-state index in [2.05, 4.69) is 76.5 Å². The summed E-state index contributed by atoms with van der Waals surface area (Å²) in [6.45, 7) is 3.87. The van der Waals surface area contributed by atoms with Crippen LogP contribution in [0.4, 0.5) is 0 Å². The first-order chi connectivity index (χ1) is 13.8. The Morgan fingerprint density at radius 3 is 2.61 bits per heavy atom. The summed E-state index contributed by atoms with van der Waals surface area (Å²) in [7, 11) is 0. The lowest BCUT2D eigenvalue weighted by Crippen LogP contribution is -2.41. The summed E-state index contributed by atoms with van der Waals surface area (Å²) < 4.78 is 0. The molecule has 2 aliphatic rings. The molecule has 3 aromatic rings. The SMILES string of the molecule is O=C(Cc1cccc2ccccc12)N1CC[C@H](N2CCc3ccccc3C2)C1. The van der Waals surface area contributed by atoms with Crippen LogP contribution in [0.25, 0.3) is 10.8 Å². The third kappa shape index (κ3) is 3.31. The van der Waals surface area contributed by atoms with Crippen LogP contribution >= 0.6 is 0 Å². The van der Waals surface area contributed by atoms with Crippen LogP contribution in [0.2, 0.25) is 0 Å². The number of nitrogens with zero attached hydrogens (tertiary/aromatic N) is 2. The van der Waals surface area contributed by atoms with Gasteiger partial charge < -0.3 is 4.90 Å². The van der Waals surface area contributed by atoms with Gasteiger partial charge in [0.25, 0.3) is 0 Å². The lowest BCUT2D eigenvalue weighted by molar-refractivity contribution is -0.129. The van der Waals surface area contributed by atoms with Crippen molar-refractivity contribution in [1.29, 1.82) is 0 Å². The van der Waals surface area contributed by atoms with Gasteiger partial charge in [-0.2, -0.15) is 0 Å². The van der Waals surface area contributed by atoms with E-state index in [0.29, 0.717) is 12.5 Å². The van der Waals surface area contributed by atoms with E-state index in [1.54, 1.807) is 0 Å². The monoisotopic (exact) mass is 370 g/mol. The third-order valence-electron chi connectivity index (χ3n) is 6.41. The Morgan fingerprint density at radius 2 is 1.68 bits per heavy atom. The summed E-state index contributed by atoms with van der Waals surface area (Å²) in [5.41, 5.74) is 4.08. The van der Waals surface area contributed by atoms with Crippen molar-refractivity contribution in [1.82, 2.24) is 9.80 Å². The molecule has 3 nitrogen and oxygen atoms in total. The molecule has 28 heavy (non-hydrogen) atoms. The van der Waals surface area contributed by atoms with Gasteiger partial charge in [-0.1, -0.05) is 66.7 Å². The zero-order valence-electron chi connectivity index (χ0n) is 16.2. The molecule has 0 bridgehead atoms. The Bertz CT molecular complexity index is 1010. The van der Waals surface area contributed by atoms with E-state index < -0.39 is 0 Å². The number of likely N-dealkylation sites (tertiary alicyclic amines) is 1. The molecule has 1 atom stereocenters. The second-order valence-corrected chi connectivity index (χ2v) is 8.09. The number of fused-ring (bicyclic) bond motifs is 2. The highest BCUT2D eigenvalue weighted by atomic mass is 16.2. The van der Waals surface area contributed by atoms with Crippen molar-refractivity contribution >= 4 is 16.7 Å². The fourth-order valence-electron chi connectivity index (χ4n) is 4.82. The van der Waals surface area contributed by atoms with Crippen molar-refractivity contribution < 1.29 is 4.79 Å². The van der Waals surface area contributed by atoms with Crippen LogP contribution in [0.15, 0.2) is 66.7 Å². The minimum Gasteiger partial charge on any atom is -0.341 e. The number of rotatable bonds is 3. The molecule has 2 heterocycles. The smallest absolute Gasteiger partial charge is 0.227 e. The molecule has 0 aromatic heterocycles. The second kappa shape index (κ2) is 7.40. The zero-order chi connectivity index (χ0) is 18.9. The van der Waals surface area contributed by atoms with Crippen LogP contribution in [-0.2, 0) is 24.2 Å². The highest BCUT2D eigenvalue weighted by Gasteiger charge is 2.31. The van der Waals surface area contributed by atoms with Gasteiger partial charge in [-0.05, 0) is 40.3 Å². The first-order valence-electron chi connectivity index (χ1n) is 10.3. The predicted octanol–water partition coefficient (Wildman–Crippen LogP) is 4.04. The van der Waals surface area contributed by atoms with Crippen molar-refractivity contribution in [3.05, 3.63) is 83.4 Å². The molecule has 3 aromatic carbocycles. The zero-order valence-corrected chi connectivity index (χ0v) is 16.2. The molecule has 5 rings (SSSR count). The number of hydrogen-bond donors (Lipinski definition) is 0. The quantitative estimate of drug-likeness (QED) is 0.695. The standard InChI is InChI=1S/C25H26N2O/c28-25(16-21-10-5-9-20-7-3-4-11-24(20)21)27-15-13-23(18-27)26-14-12-19-6-1-2-8-22(19)17-26/h1-11,23H,12-18H2/t23-/m0/s1.